The van der Waals surface area contributed by atoms with Crippen molar-refractivity contribution in [1.82, 2.24) is 0 Å². The van der Waals surface area contributed by atoms with Gasteiger partial charge in [0, 0.05) is 16.8 Å². The fraction of sp³-hybridized carbons (Fsp3) is 0.286. The van der Waals surface area contributed by atoms with Gasteiger partial charge in [-0.2, -0.15) is 0 Å². The molecule has 4 heteroatoms. The van der Waals surface area contributed by atoms with Crippen LogP contribution in [0.15, 0.2) is 26.5 Å². The summed E-state index contributed by atoms with van der Waals surface area (Å²) in [6.45, 7) is 1.85. The normalized spacial score (nSPS) is 15.4. The van der Waals surface area contributed by atoms with E-state index in [-0.39, 0.29) is 0 Å². The topological polar surface area (TPSA) is 64.4 Å². The molecule has 0 unspecified atom stereocenters. The van der Waals surface area contributed by atoms with Crippen LogP contribution in [0.2, 0.25) is 0 Å². The van der Waals surface area contributed by atoms with Crippen LogP contribution in [0.4, 0.5) is 0 Å². The van der Waals surface area contributed by atoms with Gasteiger partial charge in [-0.05, 0) is 35.6 Å². The largest absolute Gasteiger partial charge is 0.404 e. The summed E-state index contributed by atoms with van der Waals surface area (Å²) in [5, 5.41) is 0. The van der Waals surface area contributed by atoms with Crippen molar-refractivity contribution in [3.05, 3.63) is 21.6 Å². The van der Waals surface area contributed by atoms with Gasteiger partial charge in [0.05, 0.1) is 11.4 Å². The van der Waals surface area contributed by atoms with Crippen molar-refractivity contribution in [1.29, 1.82) is 0 Å². The lowest BCUT2D eigenvalue weighted by atomic mass is 10.3. The Morgan fingerprint density at radius 1 is 1.55 bits per heavy atom. The fourth-order valence-electron chi connectivity index (χ4n) is 0.430. The van der Waals surface area contributed by atoms with Gasteiger partial charge in [-0.25, -0.2) is 0 Å². The van der Waals surface area contributed by atoms with E-state index in [1.54, 1.807) is 13.1 Å². The maximum atomic E-state index is 5.63. The van der Waals surface area contributed by atoms with Crippen LogP contribution in [0.1, 0.15) is 6.92 Å². The molecule has 0 aliphatic rings. The van der Waals surface area contributed by atoms with Crippen molar-refractivity contribution >= 4 is 28.3 Å². The summed E-state index contributed by atoms with van der Waals surface area (Å²) in [6.07, 6.45) is 3.28. The minimum atomic E-state index is 0.651. The van der Waals surface area contributed by atoms with Crippen LogP contribution < -0.4 is 11.5 Å². The third kappa shape index (κ3) is 4.02. The van der Waals surface area contributed by atoms with Gasteiger partial charge in [0.2, 0.25) is 0 Å². The van der Waals surface area contributed by atoms with E-state index in [0.717, 1.165) is 9.29 Å². The quantitative estimate of drug-likeness (QED) is 0.447. The van der Waals surface area contributed by atoms with Crippen molar-refractivity contribution in [3.63, 3.8) is 0 Å². The molecule has 0 atom stereocenters. The van der Waals surface area contributed by atoms with E-state index in [9.17, 15) is 0 Å². The highest BCUT2D eigenvalue weighted by molar-refractivity contribution is 14.1. The molecule has 11 heavy (non-hydrogen) atoms. The summed E-state index contributed by atoms with van der Waals surface area (Å²) in [5.74, 6) is 0. The Bertz CT molecular complexity index is 216. The van der Waals surface area contributed by atoms with Crippen molar-refractivity contribution < 1.29 is 0 Å². The van der Waals surface area contributed by atoms with E-state index in [4.69, 9.17) is 11.5 Å². The van der Waals surface area contributed by atoms with Gasteiger partial charge in [0.15, 0.2) is 0 Å². The van der Waals surface area contributed by atoms with Gasteiger partial charge in [0.1, 0.15) is 0 Å². The van der Waals surface area contributed by atoms with E-state index in [1.807, 2.05) is 6.92 Å². The van der Waals surface area contributed by atoms with E-state index in [2.05, 4.69) is 27.6 Å². The lowest BCUT2D eigenvalue weighted by Crippen LogP contribution is -2.07. The number of aliphatic imine (C=N–C) groups is 1. The molecule has 0 aliphatic heterocycles. The Kier molecular flexibility index (Phi) is 4.93. The maximum absolute atomic E-state index is 5.63. The Morgan fingerprint density at radius 2 is 2.09 bits per heavy atom. The molecule has 0 heterocycles. The van der Waals surface area contributed by atoms with E-state index in [1.165, 1.54) is 6.20 Å². The molecule has 3 nitrogen and oxygen atoms in total. The highest BCUT2D eigenvalue weighted by Crippen LogP contribution is 2.07. The molecule has 0 radical (unpaired) electrons. The average Bonchev–Trinajstić information content (AvgIpc) is 2.02. The Labute approximate surface area is 80.4 Å². The third-order valence-electron chi connectivity index (χ3n) is 1.21. The molecule has 0 aromatic carbocycles. The van der Waals surface area contributed by atoms with E-state index < -0.39 is 0 Å². The molecule has 62 valence electrons. The van der Waals surface area contributed by atoms with Crippen LogP contribution in [0, 0.1) is 0 Å². The standard InChI is InChI=1S/C7H12IN3/c1-5(11-2)7(10)3-6(8)4-9/h3-4H,9-10H2,1-2H3. The van der Waals surface area contributed by atoms with Gasteiger partial charge in [-0.1, -0.05) is 0 Å². The predicted octanol–water partition coefficient (Wildman–Crippen LogP) is 1.15. The summed E-state index contributed by atoms with van der Waals surface area (Å²) < 4.78 is 0.906. The average molecular weight is 265 g/mol. The smallest absolute Gasteiger partial charge is 0.0543 e. The summed E-state index contributed by atoms with van der Waals surface area (Å²) in [5.41, 5.74) is 12.4. The second-order valence-corrected chi connectivity index (χ2v) is 3.21. The number of halogens is 1. The second kappa shape index (κ2) is 5.17. The van der Waals surface area contributed by atoms with Gasteiger partial charge < -0.3 is 11.5 Å². The highest BCUT2D eigenvalue weighted by Gasteiger charge is 1.93. The number of hydrogen-bond acceptors (Lipinski definition) is 3. The number of nitrogens with two attached hydrogens (primary N) is 2. The molecule has 0 spiro atoms. The predicted molar refractivity (Wildman–Crippen MR) is 57.6 cm³/mol. The molecular weight excluding hydrogens is 253 g/mol. The maximum Gasteiger partial charge on any atom is 0.0543 e. The molecule has 0 aromatic rings. The summed E-state index contributed by atoms with van der Waals surface area (Å²) in [4.78, 5) is 3.93. The van der Waals surface area contributed by atoms with Crippen molar-refractivity contribution in [2.75, 3.05) is 7.05 Å². The van der Waals surface area contributed by atoms with Gasteiger partial charge in [-0.15, -0.1) is 0 Å². The first-order valence-corrected chi connectivity index (χ1v) is 4.18. The first-order valence-electron chi connectivity index (χ1n) is 3.10. The minimum absolute atomic E-state index is 0.651. The van der Waals surface area contributed by atoms with Gasteiger partial charge in [0.25, 0.3) is 0 Å². The Hall–Kier alpha value is -0.520. The van der Waals surface area contributed by atoms with Gasteiger partial charge >= 0.3 is 0 Å². The molecule has 0 aliphatic carbocycles. The molecule has 0 fully saturated rings. The van der Waals surface area contributed by atoms with Gasteiger partial charge in [-0.3, -0.25) is 4.99 Å². The molecule has 4 N–H and O–H groups in total. The van der Waals surface area contributed by atoms with Crippen molar-refractivity contribution in [2.24, 2.45) is 16.5 Å². The first-order chi connectivity index (χ1) is 5.11. The molecule has 0 saturated heterocycles. The van der Waals surface area contributed by atoms with Crippen LogP contribution in [0.5, 0.6) is 0 Å². The zero-order valence-electron chi connectivity index (χ0n) is 6.63. The van der Waals surface area contributed by atoms with E-state index >= 15 is 0 Å². The van der Waals surface area contributed by atoms with Crippen LogP contribution in [-0.2, 0) is 0 Å². The lowest BCUT2D eigenvalue weighted by Gasteiger charge is -1.97. The zero-order valence-corrected chi connectivity index (χ0v) is 8.79. The van der Waals surface area contributed by atoms with E-state index in [0.29, 0.717) is 5.70 Å². The molecule has 0 saturated carbocycles. The Balaban J connectivity index is 4.47. The van der Waals surface area contributed by atoms with Crippen molar-refractivity contribution in [2.45, 2.75) is 6.92 Å². The summed E-state index contributed by atoms with van der Waals surface area (Å²) >= 11 is 2.10. The molecular formula is C7H12IN3. The zero-order chi connectivity index (χ0) is 8.85. The minimum Gasteiger partial charge on any atom is -0.404 e. The number of rotatable bonds is 2. The fourth-order valence-corrected chi connectivity index (χ4v) is 0.766. The monoisotopic (exact) mass is 265 g/mol. The van der Waals surface area contributed by atoms with Crippen LogP contribution in [-0.4, -0.2) is 12.8 Å². The Morgan fingerprint density at radius 3 is 2.45 bits per heavy atom. The first kappa shape index (κ1) is 10.5. The van der Waals surface area contributed by atoms with Crippen molar-refractivity contribution in [3.8, 4) is 0 Å². The van der Waals surface area contributed by atoms with Crippen LogP contribution in [0.3, 0.4) is 0 Å². The number of hydrogen-bond donors (Lipinski definition) is 2. The number of nitrogens with zero attached hydrogens (tertiary/aromatic N) is 1. The second-order valence-electron chi connectivity index (χ2n) is 1.96. The van der Waals surface area contributed by atoms with Crippen LogP contribution >= 0.6 is 22.6 Å². The summed E-state index contributed by atoms with van der Waals surface area (Å²) in [7, 11) is 1.70. The highest BCUT2D eigenvalue weighted by atomic mass is 127. The molecule has 0 rings (SSSR count). The molecule has 0 amide bonds. The van der Waals surface area contributed by atoms with Crippen LogP contribution in [0.25, 0.3) is 0 Å². The number of allylic oxidation sites excluding steroid dienone is 3. The summed E-state index contributed by atoms with van der Waals surface area (Å²) in [6, 6.07) is 0. The SMILES string of the molecule is CN=C(C)C(N)=CC(I)=CN. The lowest BCUT2D eigenvalue weighted by molar-refractivity contribution is 1.36. The molecule has 0 aromatic heterocycles. The molecule has 0 bridgehead atoms. The third-order valence-corrected chi connectivity index (χ3v) is 1.88.